The van der Waals surface area contributed by atoms with Crippen LogP contribution < -0.4 is 5.73 Å². The highest BCUT2D eigenvalue weighted by Gasteiger charge is 2.72. The Balaban J connectivity index is 0.000000531. The fourth-order valence-electron chi connectivity index (χ4n) is 1.25. The lowest BCUT2D eigenvalue weighted by Crippen LogP contribution is -2.52. The zero-order valence-electron chi connectivity index (χ0n) is 12.6. The second kappa shape index (κ2) is 8.90. The van der Waals surface area contributed by atoms with Crippen molar-refractivity contribution in [1.29, 1.82) is 5.41 Å². The minimum Gasteiger partial charge on any atom is -0.379 e. The number of amidine groups is 1. The Labute approximate surface area is 148 Å². The molecule has 1 aromatic rings. The van der Waals surface area contributed by atoms with Gasteiger partial charge in [-0.1, -0.05) is 30.0 Å². The maximum Gasteiger partial charge on any atom is 0.459 e. The van der Waals surface area contributed by atoms with Crippen LogP contribution in [0.1, 0.15) is 6.42 Å². The van der Waals surface area contributed by atoms with E-state index in [2.05, 4.69) is 0 Å². The molecule has 1 aromatic carbocycles. The maximum absolute atomic E-state index is 12.6. The average molecular weight is 430 g/mol. The fourth-order valence-corrected chi connectivity index (χ4v) is 2.33. The highest BCUT2D eigenvalue weighted by atomic mass is 32.2. The molecule has 0 aliphatic heterocycles. The molecular formula is C12H13F7N2O3S2. The smallest absolute Gasteiger partial charge is 0.379 e. The van der Waals surface area contributed by atoms with Crippen molar-refractivity contribution in [3.8, 4) is 0 Å². The number of thioether (sulfide) groups is 1. The van der Waals surface area contributed by atoms with Gasteiger partial charge in [0.15, 0.2) is 5.17 Å². The summed E-state index contributed by atoms with van der Waals surface area (Å²) in [7, 11) is -4.00. The van der Waals surface area contributed by atoms with E-state index in [0.29, 0.717) is 0 Å². The molecule has 0 fully saturated rings. The van der Waals surface area contributed by atoms with Crippen molar-refractivity contribution in [2.45, 2.75) is 29.3 Å². The summed E-state index contributed by atoms with van der Waals surface area (Å²) in [6.07, 6.45) is -8.03. The molecule has 26 heavy (non-hydrogen) atoms. The highest BCUT2D eigenvalue weighted by Crippen LogP contribution is 2.48. The predicted molar refractivity (Wildman–Crippen MR) is 81.2 cm³/mol. The molecule has 0 bridgehead atoms. The lowest BCUT2D eigenvalue weighted by molar-refractivity contribution is -0.354. The number of alkyl halides is 7. The minimum absolute atomic E-state index is 0.0741. The molecule has 0 aromatic heterocycles. The van der Waals surface area contributed by atoms with Gasteiger partial charge in [-0.3, -0.25) is 9.96 Å². The summed E-state index contributed by atoms with van der Waals surface area (Å²) in [6.45, 7) is 0. The number of hydrogen-bond acceptors (Lipinski definition) is 4. The van der Waals surface area contributed by atoms with Gasteiger partial charge in [-0.25, -0.2) is 0 Å². The normalized spacial score (nSPS) is 12.9. The predicted octanol–water partition coefficient (Wildman–Crippen LogP) is 3.77. The lowest BCUT2D eigenvalue weighted by atomic mass is 10.1. The van der Waals surface area contributed by atoms with E-state index in [9.17, 15) is 39.2 Å². The molecule has 0 amide bonds. The summed E-state index contributed by atoms with van der Waals surface area (Å²) in [4.78, 5) is -0.0741. The van der Waals surface area contributed by atoms with Crippen molar-refractivity contribution >= 4 is 27.0 Å². The summed E-state index contributed by atoms with van der Waals surface area (Å²) in [5.74, 6) is -12.1. The van der Waals surface area contributed by atoms with Gasteiger partial charge in [-0.05, 0) is 12.1 Å². The van der Waals surface area contributed by atoms with Gasteiger partial charge in [0.2, 0.25) is 0 Å². The molecule has 0 unspecified atom stereocenters. The minimum atomic E-state index is -6.31. The largest absolute Gasteiger partial charge is 0.459 e. The standard InChI is InChI=1S/C6H7F7N2S.C6H6O3S/c7-4(8,1-2-16-3(14)15)5(9,10)6(11,12)13;7-10(8,9)6-4-2-1-3-5-6/h1-2H2,(H3,14,15);1-5H,(H,7,8,9). The molecule has 0 saturated heterocycles. The van der Waals surface area contributed by atoms with Crippen LogP contribution in [0.3, 0.4) is 0 Å². The molecule has 0 aliphatic carbocycles. The van der Waals surface area contributed by atoms with Gasteiger partial charge in [0.25, 0.3) is 10.1 Å². The molecule has 4 N–H and O–H groups in total. The van der Waals surface area contributed by atoms with Crippen molar-refractivity contribution in [1.82, 2.24) is 0 Å². The Bertz CT molecular complexity index is 695. The van der Waals surface area contributed by atoms with E-state index in [1.165, 1.54) is 12.1 Å². The quantitative estimate of drug-likeness (QED) is 0.286. The molecule has 150 valence electrons. The Hall–Kier alpha value is -1.54. The van der Waals surface area contributed by atoms with Gasteiger partial charge in [-0.15, -0.1) is 0 Å². The molecule has 0 saturated carbocycles. The SMILES string of the molecule is N=C(N)SCCC(F)(F)C(F)(F)C(F)(F)F.O=S(=O)(O)c1ccccc1. The second-order valence-corrected chi connectivity index (χ2v) is 7.09. The van der Waals surface area contributed by atoms with Crippen molar-refractivity contribution < 1.29 is 43.7 Å². The highest BCUT2D eigenvalue weighted by molar-refractivity contribution is 8.13. The van der Waals surface area contributed by atoms with Gasteiger partial charge in [0.05, 0.1) is 4.90 Å². The maximum atomic E-state index is 12.6. The molecule has 0 radical (unpaired) electrons. The zero-order chi connectivity index (χ0) is 20.8. The van der Waals surface area contributed by atoms with Gasteiger partial charge in [0.1, 0.15) is 0 Å². The topological polar surface area (TPSA) is 104 Å². The van der Waals surface area contributed by atoms with E-state index in [1.807, 2.05) is 0 Å². The first-order valence-electron chi connectivity index (χ1n) is 6.34. The van der Waals surface area contributed by atoms with Gasteiger partial charge in [0, 0.05) is 12.2 Å². The Kier molecular flexibility index (Phi) is 8.38. The number of nitrogens with one attached hydrogen (secondary N) is 1. The van der Waals surface area contributed by atoms with Crippen LogP contribution in [0.5, 0.6) is 0 Å². The van der Waals surface area contributed by atoms with Crippen molar-refractivity contribution in [2.75, 3.05) is 5.75 Å². The van der Waals surface area contributed by atoms with Crippen LogP contribution in [0, 0.1) is 5.41 Å². The Morgan fingerprint density at radius 2 is 1.54 bits per heavy atom. The van der Waals surface area contributed by atoms with Crippen LogP contribution in [0.4, 0.5) is 30.7 Å². The van der Waals surface area contributed by atoms with E-state index < -0.39 is 45.5 Å². The summed E-state index contributed by atoms with van der Waals surface area (Å²) < 4.78 is 114. The monoisotopic (exact) mass is 430 g/mol. The number of rotatable bonds is 5. The van der Waals surface area contributed by atoms with Gasteiger partial charge in [-0.2, -0.15) is 39.2 Å². The second-order valence-electron chi connectivity index (χ2n) is 4.53. The number of hydrogen-bond donors (Lipinski definition) is 3. The van der Waals surface area contributed by atoms with E-state index in [-0.39, 0.29) is 16.7 Å². The number of benzene rings is 1. The molecular weight excluding hydrogens is 417 g/mol. The van der Waals surface area contributed by atoms with Crippen LogP contribution in [-0.4, -0.2) is 41.9 Å². The van der Waals surface area contributed by atoms with Crippen LogP contribution in [-0.2, 0) is 10.1 Å². The van der Waals surface area contributed by atoms with Crippen molar-refractivity contribution in [2.24, 2.45) is 5.73 Å². The molecule has 5 nitrogen and oxygen atoms in total. The van der Waals surface area contributed by atoms with Crippen molar-refractivity contribution in [3.63, 3.8) is 0 Å². The molecule has 14 heteroatoms. The lowest BCUT2D eigenvalue weighted by Gasteiger charge is -2.27. The summed E-state index contributed by atoms with van der Waals surface area (Å²) in [5, 5.41) is 5.93. The molecule has 1 rings (SSSR count). The van der Waals surface area contributed by atoms with E-state index in [1.54, 1.807) is 18.2 Å². The summed E-state index contributed by atoms with van der Waals surface area (Å²) >= 11 is 0.265. The molecule has 0 spiro atoms. The molecule has 0 aliphatic rings. The van der Waals surface area contributed by atoms with E-state index >= 15 is 0 Å². The van der Waals surface area contributed by atoms with E-state index in [4.69, 9.17) is 15.7 Å². The zero-order valence-corrected chi connectivity index (χ0v) is 14.2. The third-order valence-corrected chi connectivity index (χ3v) is 4.12. The first kappa shape index (κ1) is 24.5. The Morgan fingerprint density at radius 1 is 1.08 bits per heavy atom. The first-order valence-corrected chi connectivity index (χ1v) is 8.76. The van der Waals surface area contributed by atoms with E-state index in [0.717, 1.165) is 0 Å². The van der Waals surface area contributed by atoms with Crippen LogP contribution in [0.25, 0.3) is 0 Å². The van der Waals surface area contributed by atoms with Crippen LogP contribution in [0.2, 0.25) is 0 Å². The summed E-state index contributed by atoms with van der Waals surface area (Å²) in [5.41, 5.74) is 4.71. The number of nitrogens with two attached hydrogens (primary N) is 1. The molecule has 0 heterocycles. The molecule has 0 atom stereocenters. The van der Waals surface area contributed by atoms with Gasteiger partial charge < -0.3 is 5.73 Å². The number of halogens is 7. The van der Waals surface area contributed by atoms with Gasteiger partial charge >= 0.3 is 18.0 Å². The fraction of sp³-hybridized carbons (Fsp3) is 0.417. The Morgan fingerprint density at radius 3 is 1.85 bits per heavy atom. The third kappa shape index (κ3) is 7.37. The first-order chi connectivity index (χ1) is 11.5. The van der Waals surface area contributed by atoms with Crippen molar-refractivity contribution in [3.05, 3.63) is 30.3 Å². The summed E-state index contributed by atoms with van der Waals surface area (Å²) in [6, 6.07) is 7.42. The van der Waals surface area contributed by atoms with Crippen LogP contribution in [0.15, 0.2) is 35.2 Å². The third-order valence-electron chi connectivity index (χ3n) is 2.53. The average Bonchev–Trinajstić information content (AvgIpc) is 2.46. The van der Waals surface area contributed by atoms with Crippen LogP contribution >= 0.6 is 11.8 Å².